The summed E-state index contributed by atoms with van der Waals surface area (Å²) in [5.41, 5.74) is 0.572. The predicted octanol–water partition coefficient (Wildman–Crippen LogP) is 3.31. The van der Waals surface area contributed by atoms with Gasteiger partial charge in [0.25, 0.3) is 0 Å². The molecule has 1 aromatic carbocycles. The van der Waals surface area contributed by atoms with E-state index in [0.717, 1.165) is 38.1 Å². The molecule has 2 heterocycles. The van der Waals surface area contributed by atoms with Crippen LogP contribution in [0.25, 0.3) is 0 Å². The number of benzene rings is 1. The van der Waals surface area contributed by atoms with E-state index in [2.05, 4.69) is 12.2 Å². The SMILES string of the molecule is CC(CC(=O)N1CCOC(c2ccc(F)c(F)c2)C1)C1CCNCC1.Cl. The first-order chi connectivity index (χ1) is 12.0. The van der Waals surface area contributed by atoms with Gasteiger partial charge in [-0.1, -0.05) is 13.0 Å². The smallest absolute Gasteiger partial charge is 0.223 e. The van der Waals surface area contributed by atoms with Gasteiger partial charge in [-0.05, 0) is 55.5 Å². The Morgan fingerprint density at radius 1 is 1.31 bits per heavy atom. The van der Waals surface area contributed by atoms with E-state index >= 15 is 0 Å². The Morgan fingerprint density at radius 2 is 2.04 bits per heavy atom. The number of carbonyl (C=O) groups excluding carboxylic acids is 1. The van der Waals surface area contributed by atoms with Crippen LogP contribution in [0, 0.1) is 23.5 Å². The molecule has 1 amide bonds. The molecule has 0 radical (unpaired) electrons. The van der Waals surface area contributed by atoms with Gasteiger partial charge in [-0.3, -0.25) is 4.79 Å². The summed E-state index contributed by atoms with van der Waals surface area (Å²) in [6.45, 7) is 5.57. The van der Waals surface area contributed by atoms with Crippen LogP contribution in [0.15, 0.2) is 18.2 Å². The highest BCUT2D eigenvalue weighted by Gasteiger charge is 2.29. The van der Waals surface area contributed by atoms with Crippen molar-refractivity contribution in [3.8, 4) is 0 Å². The first-order valence-corrected chi connectivity index (χ1v) is 9.09. The lowest BCUT2D eigenvalue weighted by Gasteiger charge is -2.35. The quantitative estimate of drug-likeness (QED) is 0.860. The average molecular weight is 389 g/mol. The monoisotopic (exact) mass is 388 g/mol. The third-order valence-corrected chi connectivity index (χ3v) is 5.42. The minimum atomic E-state index is -0.885. The maximum atomic E-state index is 13.5. The van der Waals surface area contributed by atoms with Gasteiger partial charge in [0, 0.05) is 13.0 Å². The molecule has 0 saturated carbocycles. The van der Waals surface area contributed by atoms with E-state index in [9.17, 15) is 13.6 Å². The molecule has 2 aliphatic rings. The highest BCUT2D eigenvalue weighted by atomic mass is 35.5. The molecule has 0 bridgehead atoms. The van der Waals surface area contributed by atoms with Crippen molar-refractivity contribution in [1.82, 2.24) is 10.2 Å². The number of nitrogens with zero attached hydrogens (tertiary/aromatic N) is 1. The van der Waals surface area contributed by atoms with Crippen LogP contribution in [0.5, 0.6) is 0 Å². The van der Waals surface area contributed by atoms with Crippen molar-refractivity contribution in [2.75, 3.05) is 32.8 Å². The summed E-state index contributed by atoms with van der Waals surface area (Å²) in [6.07, 6.45) is 2.38. The standard InChI is InChI=1S/C19H26F2N2O2.ClH/c1-13(14-4-6-22-7-5-14)10-19(24)23-8-9-25-18(12-23)15-2-3-16(20)17(21)11-15;/h2-3,11,13-14,18,22H,4-10,12H2,1H3;1H. The second kappa shape index (κ2) is 9.62. The van der Waals surface area contributed by atoms with Gasteiger partial charge in [0.05, 0.1) is 13.2 Å². The van der Waals surface area contributed by atoms with Gasteiger partial charge in [-0.25, -0.2) is 8.78 Å². The van der Waals surface area contributed by atoms with Gasteiger partial charge >= 0.3 is 0 Å². The van der Waals surface area contributed by atoms with Crippen LogP contribution in [0.3, 0.4) is 0 Å². The Labute approximate surface area is 159 Å². The number of rotatable bonds is 4. The maximum Gasteiger partial charge on any atom is 0.223 e. The molecule has 2 aliphatic heterocycles. The number of halogens is 3. The second-order valence-electron chi connectivity index (χ2n) is 7.14. The number of nitrogens with one attached hydrogen (secondary N) is 1. The van der Waals surface area contributed by atoms with E-state index in [1.807, 2.05) is 0 Å². The second-order valence-corrected chi connectivity index (χ2v) is 7.14. The largest absolute Gasteiger partial charge is 0.370 e. The Hall–Kier alpha value is -1.24. The Morgan fingerprint density at radius 3 is 2.73 bits per heavy atom. The third kappa shape index (κ3) is 5.15. The highest BCUT2D eigenvalue weighted by Crippen LogP contribution is 2.27. The molecule has 2 saturated heterocycles. The van der Waals surface area contributed by atoms with Crippen molar-refractivity contribution in [3.05, 3.63) is 35.4 Å². The molecule has 1 aromatic rings. The van der Waals surface area contributed by atoms with Crippen LogP contribution >= 0.6 is 12.4 Å². The van der Waals surface area contributed by atoms with Gasteiger partial charge in [-0.2, -0.15) is 0 Å². The molecule has 0 aliphatic carbocycles. The number of carbonyl (C=O) groups is 1. The first-order valence-electron chi connectivity index (χ1n) is 9.09. The molecule has 1 N–H and O–H groups in total. The zero-order chi connectivity index (χ0) is 17.8. The summed E-state index contributed by atoms with van der Waals surface area (Å²) in [7, 11) is 0. The van der Waals surface area contributed by atoms with E-state index in [1.165, 1.54) is 6.07 Å². The number of morpholine rings is 1. The molecule has 2 unspecified atom stereocenters. The van der Waals surface area contributed by atoms with Crippen LogP contribution in [0.2, 0.25) is 0 Å². The summed E-state index contributed by atoms with van der Waals surface area (Å²) in [5.74, 6) is -0.679. The van der Waals surface area contributed by atoms with E-state index < -0.39 is 17.7 Å². The molecule has 4 nitrogen and oxygen atoms in total. The topological polar surface area (TPSA) is 41.6 Å². The van der Waals surface area contributed by atoms with E-state index in [1.54, 1.807) is 4.90 Å². The minimum absolute atomic E-state index is 0. The molecule has 0 spiro atoms. The fourth-order valence-corrected chi connectivity index (χ4v) is 3.77. The van der Waals surface area contributed by atoms with Crippen LogP contribution in [-0.2, 0) is 9.53 Å². The van der Waals surface area contributed by atoms with Crippen molar-refractivity contribution in [3.63, 3.8) is 0 Å². The Bertz CT molecular complexity index is 611. The molecular weight excluding hydrogens is 362 g/mol. The van der Waals surface area contributed by atoms with E-state index in [4.69, 9.17) is 4.74 Å². The fraction of sp³-hybridized carbons (Fsp3) is 0.632. The minimum Gasteiger partial charge on any atom is -0.370 e. The van der Waals surface area contributed by atoms with Crippen molar-refractivity contribution >= 4 is 18.3 Å². The number of hydrogen-bond acceptors (Lipinski definition) is 3. The van der Waals surface area contributed by atoms with Gasteiger partial charge in [0.2, 0.25) is 5.91 Å². The summed E-state index contributed by atoms with van der Waals surface area (Å²) in [5, 5.41) is 3.35. The number of piperidine rings is 1. The van der Waals surface area contributed by atoms with Crippen LogP contribution in [-0.4, -0.2) is 43.6 Å². The summed E-state index contributed by atoms with van der Waals surface area (Å²) in [4.78, 5) is 14.5. The summed E-state index contributed by atoms with van der Waals surface area (Å²) >= 11 is 0. The molecule has 146 valence electrons. The van der Waals surface area contributed by atoms with Gasteiger partial charge in [-0.15, -0.1) is 12.4 Å². The van der Waals surface area contributed by atoms with Gasteiger partial charge in [0.1, 0.15) is 6.10 Å². The zero-order valence-corrected chi connectivity index (χ0v) is 15.9. The van der Waals surface area contributed by atoms with Crippen molar-refractivity contribution in [2.24, 2.45) is 11.8 Å². The highest BCUT2D eigenvalue weighted by molar-refractivity contribution is 5.85. The van der Waals surface area contributed by atoms with Crippen molar-refractivity contribution in [1.29, 1.82) is 0 Å². The molecule has 26 heavy (non-hydrogen) atoms. The lowest BCUT2D eigenvalue weighted by Crippen LogP contribution is -2.43. The van der Waals surface area contributed by atoms with E-state index in [-0.39, 0.29) is 18.3 Å². The fourth-order valence-electron chi connectivity index (χ4n) is 3.77. The summed E-state index contributed by atoms with van der Waals surface area (Å²) in [6, 6.07) is 3.79. The Balaban J connectivity index is 0.00000243. The first kappa shape index (κ1) is 21.1. The lowest BCUT2D eigenvalue weighted by molar-refractivity contribution is -0.140. The molecule has 3 rings (SSSR count). The molecule has 7 heteroatoms. The summed E-state index contributed by atoms with van der Waals surface area (Å²) < 4.78 is 32.2. The number of amides is 1. The number of ether oxygens (including phenoxy) is 1. The van der Waals surface area contributed by atoms with Crippen molar-refractivity contribution in [2.45, 2.75) is 32.3 Å². The van der Waals surface area contributed by atoms with Crippen LogP contribution in [0.4, 0.5) is 8.78 Å². The molecule has 2 fully saturated rings. The van der Waals surface area contributed by atoms with Gasteiger partial charge in [0.15, 0.2) is 11.6 Å². The molecule has 0 aromatic heterocycles. The predicted molar refractivity (Wildman–Crippen MR) is 98.3 cm³/mol. The maximum absolute atomic E-state index is 13.5. The van der Waals surface area contributed by atoms with Crippen LogP contribution < -0.4 is 5.32 Å². The normalized spacial score (nSPS) is 22.6. The molecule has 2 atom stereocenters. The number of hydrogen-bond donors (Lipinski definition) is 1. The molecular formula is C19H27ClF2N2O2. The van der Waals surface area contributed by atoms with Crippen molar-refractivity contribution < 1.29 is 18.3 Å². The van der Waals surface area contributed by atoms with Gasteiger partial charge < -0.3 is 15.0 Å². The van der Waals surface area contributed by atoms with E-state index in [0.29, 0.717) is 43.5 Å². The lowest BCUT2D eigenvalue weighted by atomic mass is 9.84. The third-order valence-electron chi connectivity index (χ3n) is 5.42. The average Bonchev–Trinajstić information content (AvgIpc) is 2.64. The zero-order valence-electron chi connectivity index (χ0n) is 15.0. The Kier molecular flexibility index (Phi) is 7.80. The van der Waals surface area contributed by atoms with Crippen LogP contribution in [0.1, 0.15) is 37.9 Å².